The lowest BCUT2D eigenvalue weighted by atomic mass is 9.55. The molecule has 0 bridgehead atoms. The molecule has 9 heteroatoms. The summed E-state index contributed by atoms with van der Waals surface area (Å²) >= 11 is 0. The second-order valence-corrected chi connectivity index (χ2v) is 13.5. The summed E-state index contributed by atoms with van der Waals surface area (Å²) in [4.78, 5) is 32.2. The van der Waals surface area contributed by atoms with Crippen molar-refractivity contribution in [1.82, 2.24) is 0 Å². The van der Waals surface area contributed by atoms with Gasteiger partial charge in [0.05, 0.1) is 13.2 Å². The van der Waals surface area contributed by atoms with Gasteiger partial charge in [-0.05, 0) is 50.4 Å². The van der Waals surface area contributed by atoms with Crippen LogP contribution in [0.25, 0.3) is 0 Å². The molecule has 0 aliphatic rings. The lowest BCUT2D eigenvalue weighted by molar-refractivity contribution is -0.138. The molecule has 0 aliphatic carbocycles. The summed E-state index contributed by atoms with van der Waals surface area (Å²) in [6, 6.07) is 0. The molecule has 0 aliphatic heterocycles. The summed E-state index contributed by atoms with van der Waals surface area (Å²) in [5.41, 5.74) is -1.02. The van der Waals surface area contributed by atoms with Crippen LogP contribution in [-0.2, 0) is 14.4 Å². The van der Waals surface area contributed by atoms with Crippen LogP contribution in [0.3, 0.4) is 0 Å². The van der Waals surface area contributed by atoms with Crippen molar-refractivity contribution in [3.8, 4) is 0 Å². The standard InChI is InChI=1S/C36H68O9/c37-29-28-36(30-38,31-39)35(25-19-13-7-1-4-10-16-22-32(40)41,26-20-14-8-2-5-11-17-23-33(42)43)27-21-15-9-3-6-12-18-24-34(44)45/h37-39H,1-31H2,(H,40,41)(H,42,43)(H,44,45). The summed E-state index contributed by atoms with van der Waals surface area (Å²) in [5, 5.41) is 58.0. The first-order chi connectivity index (χ1) is 21.7. The Hall–Kier alpha value is -1.71. The molecule has 266 valence electrons. The van der Waals surface area contributed by atoms with Gasteiger partial charge in [-0.2, -0.15) is 0 Å². The van der Waals surface area contributed by atoms with Crippen molar-refractivity contribution < 1.29 is 45.0 Å². The summed E-state index contributed by atoms with van der Waals surface area (Å²) in [7, 11) is 0. The van der Waals surface area contributed by atoms with Gasteiger partial charge in [-0.1, -0.05) is 116 Å². The molecular weight excluding hydrogens is 576 g/mol. The molecular formula is C36H68O9. The molecule has 0 aromatic rings. The molecule has 6 N–H and O–H groups in total. The van der Waals surface area contributed by atoms with E-state index in [1.165, 1.54) is 0 Å². The molecule has 0 aromatic heterocycles. The Morgan fingerprint density at radius 1 is 0.333 bits per heavy atom. The summed E-state index contributed by atoms with van der Waals surface area (Å²) in [5.74, 6) is -2.22. The van der Waals surface area contributed by atoms with Gasteiger partial charge >= 0.3 is 17.9 Å². The molecule has 0 saturated heterocycles. The Bertz CT molecular complexity index is 657. The first-order valence-corrected chi connectivity index (χ1v) is 18.2. The molecule has 0 spiro atoms. The van der Waals surface area contributed by atoms with E-state index in [4.69, 9.17) is 15.3 Å². The van der Waals surface area contributed by atoms with Gasteiger partial charge in [0.2, 0.25) is 0 Å². The SMILES string of the molecule is O=C(O)CCCCCCCCCC(CCCCCCCCCC(=O)O)(CCCCCCCCCC(=O)O)C(CO)(CO)CCO. The maximum absolute atomic E-state index is 10.7. The highest BCUT2D eigenvalue weighted by Crippen LogP contribution is 2.53. The molecule has 0 aromatic carbocycles. The minimum absolute atomic E-state index is 0.0775. The van der Waals surface area contributed by atoms with E-state index in [9.17, 15) is 29.7 Å². The molecule has 0 fully saturated rings. The van der Waals surface area contributed by atoms with Crippen LogP contribution >= 0.6 is 0 Å². The van der Waals surface area contributed by atoms with Crippen LogP contribution in [-0.4, -0.2) is 68.4 Å². The van der Waals surface area contributed by atoms with E-state index >= 15 is 0 Å². The topological polar surface area (TPSA) is 173 Å². The number of aliphatic carboxylic acids is 3. The predicted molar refractivity (Wildman–Crippen MR) is 178 cm³/mol. The fourth-order valence-corrected chi connectivity index (χ4v) is 7.06. The Morgan fingerprint density at radius 2 is 0.578 bits per heavy atom. The second kappa shape index (κ2) is 28.5. The van der Waals surface area contributed by atoms with Crippen LogP contribution in [0.2, 0.25) is 0 Å². The largest absolute Gasteiger partial charge is 0.481 e. The number of carboxylic acid groups (broad SMARTS) is 3. The van der Waals surface area contributed by atoms with E-state index in [0.717, 1.165) is 154 Å². The minimum Gasteiger partial charge on any atom is -0.481 e. The third kappa shape index (κ3) is 21.7. The van der Waals surface area contributed by atoms with E-state index in [2.05, 4.69) is 0 Å². The number of unbranched alkanes of at least 4 members (excludes halogenated alkanes) is 18. The van der Waals surface area contributed by atoms with E-state index in [0.29, 0.717) is 6.42 Å². The van der Waals surface area contributed by atoms with Crippen molar-refractivity contribution in [3.05, 3.63) is 0 Å². The van der Waals surface area contributed by atoms with Crippen LogP contribution in [0.1, 0.15) is 180 Å². The maximum atomic E-state index is 10.7. The highest BCUT2D eigenvalue weighted by molar-refractivity contribution is 5.67. The Balaban J connectivity index is 5.21. The highest BCUT2D eigenvalue weighted by Gasteiger charge is 2.48. The van der Waals surface area contributed by atoms with Crippen LogP contribution in [0.4, 0.5) is 0 Å². The highest BCUT2D eigenvalue weighted by atomic mass is 16.4. The smallest absolute Gasteiger partial charge is 0.303 e. The lowest BCUT2D eigenvalue weighted by Gasteiger charge is -2.50. The fourth-order valence-electron chi connectivity index (χ4n) is 7.06. The zero-order chi connectivity index (χ0) is 33.7. The molecule has 0 radical (unpaired) electrons. The number of hydrogen-bond donors (Lipinski definition) is 6. The van der Waals surface area contributed by atoms with Crippen molar-refractivity contribution in [2.24, 2.45) is 10.8 Å². The molecule has 0 saturated carbocycles. The average molecular weight is 645 g/mol. The van der Waals surface area contributed by atoms with Gasteiger partial charge in [-0.3, -0.25) is 14.4 Å². The summed E-state index contributed by atoms with van der Waals surface area (Å²) in [6.45, 7) is -0.381. The lowest BCUT2D eigenvalue weighted by Crippen LogP contribution is -2.48. The molecule has 0 atom stereocenters. The van der Waals surface area contributed by atoms with Crippen molar-refractivity contribution in [1.29, 1.82) is 0 Å². The van der Waals surface area contributed by atoms with Crippen LogP contribution in [0, 0.1) is 10.8 Å². The first-order valence-electron chi connectivity index (χ1n) is 18.2. The predicted octanol–water partition coefficient (Wildman–Crippen LogP) is 8.11. The molecule has 9 nitrogen and oxygen atoms in total. The van der Waals surface area contributed by atoms with E-state index in [1.54, 1.807) is 0 Å². The number of carbonyl (C=O) groups is 3. The van der Waals surface area contributed by atoms with Gasteiger partial charge in [0.25, 0.3) is 0 Å². The van der Waals surface area contributed by atoms with Crippen LogP contribution < -0.4 is 0 Å². The second-order valence-electron chi connectivity index (χ2n) is 13.5. The monoisotopic (exact) mass is 644 g/mol. The normalized spacial score (nSPS) is 12.1. The number of carboxylic acids is 3. The molecule has 0 amide bonds. The molecule has 0 rings (SSSR count). The quantitative estimate of drug-likeness (QED) is 0.0373. The summed E-state index contributed by atoms with van der Waals surface area (Å²) < 4.78 is 0. The third-order valence-corrected chi connectivity index (χ3v) is 9.96. The zero-order valence-corrected chi connectivity index (χ0v) is 28.3. The van der Waals surface area contributed by atoms with Crippen molar-refractivity contribution in [2.45, 2.75) is 180 Å². The van der Waals surface area contributed by atoms with E-state index in [-0.39, 0.29) is 44.5 Å². The third-order valence-electron chi connectivity index (χ3n) is 9.96. The fraction of sp³-hybridized carbons (Fsp3) is 0.917. The van der Waals surface area contributed by atoms with Crippen molar-refractivity contribution in [3.63, 3.8) is 0 Å². The van der Waals surface area contributed by atoms with Gasteiger partial charge < -0.3 is 30.6 Å². The number of rotatable bonds is 35. The first kappa shape index (κ1) is 43.3. The zero-order valence-electron chi connectivity index (χ0n) is 28.3. The van der Waals surface area contributed by atoms with E-state index in [1.807, 2.05) is 0 Å². The van der Waals surface area contributed by atoms with Gasteiger partial charge in [0.1, 0.15) is 0 Å². The number of aliphatic hydroxyl groups excluding tert-OH is 3. The Labute approximate surface area is 273 Å². The Kier molecular flexibility index (Phi) is 27.4. The Morgan fingerprint density at radius 3 is 0.800 bits per heavy atom. The maximum Gasteiger partial charge on any atom is 0.303 e. The summed E-state index contributed by atoms with van der Waals surface area (Å²) in [6.07, 6.45) is 24.5. The number of hydrogen-bond acceptors (Lipinski definition) is 6. The van der Waals surface area contributed by atoms with Gasteiger partial charge in [-0.15, -0.1) is 0 Å². The van der Waals surface area contributed by atoms with E-state index < -0.39 is 23.3 Å². The van der Waals surface area contributed by atoms with Gasteiger partial charge in [0, 0.05) is 31.3 Å². The molecule has 45 heavy (non-hydrogen) atoms. The molecule has 0 unspecified atom stereocenters. The average Bonchev–Trinajstić information content (AvgIpc) is 3.00. The van der Waals surface area contributed by atoms with Crippen molar-refractivity contribution in [2.75, 3.05) is 19.8 Å². The van der Waals surface area contributed by atoms with Crippen LogP contribution in [0.15, 0.2) is 0 Å². The minimum atomic E-state index is -0.744. The van der Waals surface area contributed by atoms with Gasteiger partial charge in [0.15, 0.2) is 0 Å². The van der Waals surface area contributed by atoms with Crippen molar-refractivity contribution >= 4 is 17.9 Å². The number of aliphatic hydroxyl groups is 3. The van der Waals surface area contributed by atoms with Crippen LogP contribution in [0.5, 0.6) is 0 Å². The molecule has 0 heterocycles. The van der Waals surface area contributed by atoms with Gasteiger partial charge in [-0.25, -0.2) is 0 Å².